The molecular weight excluding hydrogens is 259 g/mol. The summed E-state index contributed by atoms with van der Waals surface area (Å²) in [6.45, 7) is 1.57. The SMILES string of the molecule is CSC1(CNCc2cc(F)cc(C#N)c2)CCCC1. The van der Waals surface area contributed by atoms with Gasteiger partial charge in [0.25, 0.3) is 0 Å². The summed E-state index contributed by atoms with van der Waals surface area (Å²) in [5.74, 6) is -0.337. The van der Waals surface area contributed by atoms with Gasteiger partial charge in [0.15, 0.2) is 0 Å². The Bertz CT molecular complexity index is 476. The van der Waals surface area contributed by atoms with Crippen molar-refractivity contribution in [1.29, 1.82) is 5.26 Å². The van der Waals surface area contributed by atoms with Crippen LogP contribution in [0.4, 0.5) is 4.39 Å². The second kappa shape index (κ2) is 6.40. The van der Waals surface area contributed by atoms with Crippen molar-refractivity contribution in [2.45, 2.75) is 37.0 Å². The van der Waals surface area contributed by atoms with Gasteiger partial charge in [0.05, 0.1) is 11.6 Å². The normalized spacial score (nSPS) is 17.3. The van der Waals surface area contributed by atoms with Crippen molar-refractivity contribution in [3.05, 3.63) is 35.1 Å². The molecule has 0 bridgehead atoms. The molecule has 1 N–H and O–H groups in total. The zero-order chi connectivity index (χ0) is 13.7. The van der Waals surface area contributed by atoms with Crippen molar-refractivity contribution in [2.24, 2.45) is 0 Å². The van der Waals surface area contributed by atoms with Gasteiger partial charge >= 0.3 is 0 Å². The molecule has 2 rings (SSSR count). The molecule has 2 nitrogen and oxygen atoms in total. The topological polar surface area (TPSA) is 35.8 Å². The maximum Gasteiger partial charge on any atom is 0.124 e. The molecule has 0 unspecified atom stereocenters. The van der Waals surface area contributed by atoms with Gasteiger partial charge < -0.3 is 5.32 Å². The van der Waals surface area contributed by atoms with Gasteiger partial charge in [-0.2, -0.15) is 17.0 Å². The lowest BCUT2D eigenvalue weighted by molar-refractivity contribution is 0.532. The Morgan fingerprint density at radius 3 is 2.74 bits per heavy atom. The highest BCUT2D eigenvalue weighted by atomic mass is 32.2. The molecular formula is C15H19FN2S. The van der Waals surface area contributed by atoms with E-state index < -0.39 is 0 Å². The summed E-state index contributed by atoms with van der Waals surface area (Å²) in [5.41, 5.74) is 1.23. The highest BCUT2D eigenvalue weighted by Gasteiger charge is 2.32. The number of thioether (sulfide) groups is 1. The Kier molecular flexibility index (Phi) is 4.84. The minimum Gasteiger partial charge on any atom is -0.311 e. The van der Waals surface area contributed by atoms with Crippen LogP contribution in [-0.2, 0) is 6.54 Å². The minimum absolute atomic E-state index is 0.337. The van der Waals surface area contributed by atoms with Crippen molar-refractivity contribution in [1.82, 2.24) is 5.32 Å². The van der Waals surface area contributed by atoms with Gasteiger partial charge in [0.1, 0.15) is 5.82 Å². The molecule has 1 aromatic carbocycles. The van der Waals surface area contributed by atoms with Crippen LogP contribution in [0.1, 0.15) is 36.8 Å². The average Bonchev–Trinajstić information content (AvgIpc) is 2.87. The molecule has 1 aliphatic carbocycles. The molecule has 0 aliphatic heterocycles. The molecule has 102 valence electrons. The molecule has 0 amide bonds. The highest BCUT2D eigenvalue weighted by Crippen LogP contribution is 2.39. The first kappa shape index (κ1) is 14.4. The molecule has 19 heavy (non-hydrogen) atoms. The number of nitrogens with zero attached hydrogens (tertiary/aromatic N) is 1. The van der Waals surface area contributed by atoms with E-state index in [1.54, 1.807) is 6.07 Å². The van der Waals surface area contributed by atoms with Gasteiger partial charge in [-0.3, -0.25) is 0 Å². The fourth-order valence-corrected chi connectivity index (χ4v) is 3.67. The quantitative estimate of drug-likeness (QED) is 0.896. The van der Waals surface area contributed by atoms with Crippen LogP contribution < -0.4 is 5.32 Å². The van der Waals surface area contributed by atoms with E-state index in [1.165, 1.54) is 37.8 Å². The van der Waals surface area contributed by atoms with Crippen LogP contribution in [0.2, 0.25) is 0 Å². The second-order valence-corrected chi connectivity index (χ2v) is 6.43. The average molecular weight is 278 g/mol. The summed E-state index contributed by atoms with van der Waals surface area (Å²) in [5, 5.41) is 12.2. The molecule has 0 spiro atoms. The zero-order valence-electron chi connectivity index (χ0n) is 11.2. The van der Waals surface area contributed by atoms with Gasteiger partial charge in [0.2, 0.25) is 0 Å². The minimum atomic E-state index is -0.337. The molecule has 0 saturated heterocycles. The zero-order valence-corrected chi connectivity index (χ0v) is 12.0. The molecule has 1 aromatic rings. The fraction of sp³-hybridized carbons (Fsp3) is 0.533. The van der Waals surface area contributed by atoms with Crippen molar-refractivity contribution in [3.8, 4) is 6.07 Å². The number of rotatable bonds is 5. The van der Waals surface area contributed by atoms with Gasteiger partial charge in [-0.1, -0.05) is 12.8 Å². The number of halogens is 1. The summed E-state index contributed by atoms with van der Waals surface area (Å²) in [6.07, 6.45) is 7.30. The lowest BCUT2D eigenvalue weighted by Crippen LogP contribution is -2.34. The standard InChI is InChI=1S/C15H19FN2S/c1-19-15(4-2-3-5-15)11-18-10-13-6-12(9-17)7-14(16)8-13/h6-8,18H,2-5,10-11H2,1H3. The van der Waals surface area contributed by atoms with E-state index in [0.717, 1.165) is 12.1 Å². The van der Waals surface area contributed by atoms with Gasteiger partial charge in [-0.05, 0) is 42.9 Å². The number of benzene rings is 1. The molecule has 0 heterocycles. The molecule has 0 atom stereocenters. The van der Waals surface area contributed by atoms with Crippen LogP contribution in [0.5, 0.6) is 0 Å². The van der Waals surface area contributed by atoms with Crippen LogP contribution in [0.25, 0.3) is 0 Å². The Morgan fingerprint density at radius 1 is 1.37 bits per heavy atom. The van der Waals surface area contributed by atoms with E-state index in [-0.39, 0.29) is 5.82 Å². The highest BCUT2D eigenvalue weighted by molar-refractivity contribution is 8.00. The van der Waals surface area contributed by atoms with E-state index >= 15 is 0 Å². The fourth-order valence-electron chi connectivity index (χ4n) is 2.72. The molecule has 1 aliphatic rings. The van der Waals surface area contributed by atoms with Crippen molar-refractivity contribution in [3.63, 3.8) is 0 Å². The lowest BCUT2D eigenvalue weighted by atomic mass is 10.1. The maximum absolute atomic E-state index is 13.3. The Balaban J connectivity index is 1.92. The molecule has 1 saturated carbocycles. The third kappa shape index (κ3) is 3.71. The number of hydrogen-bond acceptors (Lipinski definition) is 3. The largest absolute Gasteiger partial charge is 0.311 e. The first-order valence-corrected chi connectivity index (χ1v) is 7.85. The third-order valence-electron chi connectivity index (χ3n) is 3.81. The third-order valence-corrected chi connectivity index (χ3v) is 5.23. The lowest BCUT2D eigenvalue weighted by Gasteiger charge is -2.27. The predicted octanol–water partition coefficient (Wildman–Crippen LogP) is 3.46. The van der Waals surface area contributed by atoms with Gasteiger partial charge in [-0.25, -0.2) is 4.39 Å². The second-order valence-electron chi connectivity index (χ2n) is 5.16. The van der Waals surface area contributed by atoms with E-state index in [4.69, 9.17) is 5.26 Å². The first-order chi connectivity index (χ1) is 9.17. The predicted molar refractivity (Wildman–Crippen MR) is 77.5 cm³/mol. The van der Waals surface area contributed by atoms with Crippen molar-refractivity contribution < 1.29 is 4.39 Å². The molecule has 1 fully saturated rings. The summed E-state index contributed by atoms with van der Waals surface area (Å²) >= 11 is 1.94. The van der Waals surface area contributed by atoms with Crippen molar-refractivity contribution in [2.75, 3.05) is 12.8 Å². The first-order valence-electron chi connectivity index (χ1n) is 6.63. The van der Waals surface area contributed by atoms with Gasteiger partial charge in [0, 0.05) is 17.8 Å². The summed E-state index contributed by atoms with van der Waals surface area (Å²) in [6, 6.07) is 6.50. The summed E-state index contributed by atoms with van der Waals surface area (Å²) in [4.78, 5) is 0. The molecule has 0 aromatic heterocycles. The summed E-state index contributed by atoms with van der Waals surface area (Å²) in [7, 11) is 0. The number of hydrogen-bond donors (Lipinski definition) is 1. The van der Waals surface area contributed by atoms with E-state index in [0.29, 0.717) is 16.9 Å². The van der Waals surface area contributed by atoms with Crippen LogP contribution in [0.3, 0.4) is 0 Å². The Morgan fingerprint density at radius 2 is 2.11 bits per heavy atom. The van der Waals surface area contributed by atoms with Crippen molar-refractivity contribution >= 4 is 11.8 Å². The molecule has 4 heteroatoms. The van der Waals surface area contributed by atoms with Gasteiger partial charge in [-0.15, -0.1) is 0 Å². The van der Waals surface area contributed by atoms with Crippen LogP contribution in [0, 0.1) is 17.1 Å². The maximum atomic E-state index is 13.3. The van der Waals surface area contributed by atoms with E-state index in [1.807, 2.05) is 17.8 Å². The Labute approximate surface area is 118 Å². The Hall–Kier alpha value is -1.05. The summed E-state index contributed by atoms with van der Waals surface area (Å²) < 4.78 is 13.7. The monoisotopic (exact) mass is 278 g/mol. The smallest absolute Gasteiger partial charge is 0.124 e. The number of nitriles is 1. The van der Waals surface area contributed by atoms with Crippen LogP contribution >= 0.6 is 11.8 Å². The number of nitrogens with one attached hydrogen (secondary N) is 1. The van der Waals surface area contributed by atoms with Crippen LogP contribution in [0.15, 0.2) is 18.2 Å². The van der Waals surface area contributed by atoms with E-state index in [9.17, 15) is 4.39 Å². The van der Waals surface area contributed by atoms with Crippen LogP contribution in [-0.4, -0.2) is 17.5 Å². The van der Waals surface area contributed by atoms with E-state index in [2.05, 4.69) is 11.6 Å². The molecule has 0 radical (unpaired) electrons.